The van der Waals surface area contributed by atoms with Crippen LogP contribution in [0.1, 0.15) is 15.2 Å². The molecule has 120 valence electrons. The van der Waals surface area contributed by atoms with E-state index in [-0.39, 0.29) is 10.6 Å². The van der Waals surface area contributed by atoms with Gasteiger partial charge in [-0.15, -0.1) is 11.3 Å². The summed E-state index contributed by atoms with van der Waals surface area (Å²) in [4.78, 5) is 21.9. The summed E-state index contributed by atoms with van der Waals surface area (Å²) in [6.45, 7) is 0. The van der Waals surface area contributed by atoms with Gasteiger partial charge in [0.1, 0.15) is 0 Å². The second kappa shape index (κ2) is 6.90. The third kappa shape index (κ3) is 4.88. The van der Waals surface area contributed by atoms with Gasteiger partial charge in [0.25, 0.3) is 21.6 Å². The van der Waals surface area contributed by atoms with Crippen molar-refractivity contribution in [1.82, 2.24) is 4.72 Å². The van der Waals surface area contributed by atoms with Crippen molar-refractivity contribution in [2.24, 2.45) is 0 Å². The van der Waals surface area contributed by atoms with Crippen molar-refractivity contribution in [3.05, 3.63) is 66.7 Å². The third-order valence-corrected chi connectivity index (χ3v) is 4.77. The number of halogens is 1. The molecule has 10 heteroatoms. The number of nitro benzene ring substituents is 1. The smallest absolute Gasteiger partial charge is 0.267 e. The van der Waals surface area contributed by atoms with Gasteiger partial charge in [0.15, 0.2) is 0 Å². The zero-order valence-corrected chi connectivity index (χ0v) is 13.7. The Hall–Kier alpha value is -2.23. The van der Waals surface area contributed by atoms with E-state index < -0.39 is 20.9 Å². The van der Waals surface area contributed by atoms with E-state index >= 15 is 0 Å². The Morgan fingerprint density at radius 1 is 1.22 bits per heavy atom. The highest BCUT2D eigenvalue weighted by Crippen LogP contribution is 2.21. The summed E-state index contributed by atoms with van der Waals surface area (Å²) in [5.41, 5.74) is 0.334. The van der Waals surface area contributed by atoms with Crippen LogP contribution in [0.5, 0.6) is 0 Å². The van der Waals surface area contributed by atoms with Crippen LogP contribution in [0, 0.1) is 10.1 Å². The van der Waals surface area contributed by atoms with Gasteiger partial charge >= 0.3 is 0 Å². The van der Waals surface area contributed by atoms with E-state index in [4.69, 9.17) is 11.6 Å². The van der Waals surface area contributed by atoms with Gasteiger partial charge in [-0.25, -0.2) is 13.1 Å². The van der Waals surface area contributed by atoms with Crippen LogP contribution >= 0.6 is 22.9 Å². The molecule has 0 bridgehead atoms. The number of hydrogen-bond donors (Lipinski definition) is 1. The maximum Gasteiger partial charge on any atom is 0.275 e. The summed E-state index contributed by atoms with van der Waals surface area (Å²) in [5, 5.41) is 11.3. The average molecular weight is 373 g/mol. The second-order valence-corrected chi connectivity index (χ2v) is 7.51. The summed E-state index contributed by atoms with van der Waals surface area (Å²) < 4.78 is 25.9. The lowest BCUT2D eigenvalue weighted by Gasteiger charge is -2.01. The fraction of sp³-hybridized carbons (Fsp3) is 0. The predicted octanol–water partition coefficient (Wildman–Crippen LogP) is 3.04. The zero-order valence-electron chi connectivity index (χ0n) is 11.3. The molecule has 1 amide bonds. The van der Waals surface area contributed by atoms with Gasteiger partial charge in [0.2, 0.25) is 0 Å². The number of nitro groups is 1. The number of rotatable bonds is 5. The molecule has 7 nitrogen and oxygen atoms in total. The predicted molar refractivity (Wildman–Crippen MR) is 87.8 cm³/mol. The Morgan fingerprint density at radius 2 is 1.87 bits per heavy atom. The maximum absolute atomic E-state index is 11.8. The molecule has 1 aromatic carbocycles. The minimum atomic E-state index is -3.99. The quantitative estimate of drug-likeness (QED) is 0.641. The van der Waals surface area contributed by atoms with E-state index in [9.17, 15) is 23.3 Å². The van der Waals surface area contributed by atoms with Crippen molar-refractivity contribution >= 4 is 50.6 Å². The molecule has 0 aliphatic rings. The first-order valence-electron chi connectivity index (χ1n) is 6.02. The Bertz CT molecular complexity index is 872. The Morgan fingerprint density at radius 3 is 2.39 bits per heavy atom. The van der Waals surface area contributed by atoms with E-state index in [1.54, 1.807) is 0 Å². The van der Waals surface area contributed by atoms with Crippen molar-refractivity contribution in [2.45, 2.75) is 0 Å². The molecule has 1 N–H and O–H groups in total. The summed E-state index contributed by atoms with van der Waals surface area (Å²) in [6, 6.07) is 8.19. The summed E-state index contributed by atoms with van der Waals surface area (Å²) in [7, 11) is -3.99. The number of thiophene rings is 1. The molecule has 2 rings (SSSR count). The lowest BCUT2D eigenvalue weighted by Crippen LogP contribution is -2.28. The minimum absolute atomic E-state index is 0.104. The van der Waals surface area contributed by atoms with E-state index in [1.165, 1.54) is 42.5 Å². The van der Waals surface area contributed by atoms with Gasteiger partial charge in [-0.2, -0.15) is 0 Å². The fourth-order valence-electron chi connectivity index (χ4n) is 1.53. The molecule has 2 aromatic rings. The first kappa shape index (κ1) is 17.1. The van der Waals surface area contributed by atoms with Crippen LogP contribution in [-0.4, -0.2) is 19.2 Å². The number of nitrogens with zero attached hydrogens (tertiary/aromatic N) is 1. The van der Waals surface area contributed by atoms with Crippen LogP contribution in [-0.2, 0) is 10.0 Å². The zero-order chi connectivity index (χ0) is 17.0. The van der Waals surface area contributed by atoms with Gasteiger partial charge in [-0.3, -0.25) is 14.9 Å². The number of hydrogen-bond acceptors (Lipinski definition) is 6. The molecule has 0 unspecified atom stereocenters. The number of nitrogens with one attached hydrogen (secondary N) is 1. The van der Waals surface area contributed by atoms with Crippen LogP contribution in [0.25, 0.3) is 6.08 Å². The van der Waals surface area contributed by atoms with Crippen LogP contribution in [0.15, 0.2) is 41.8 Å². The normalized spacial score (nSPS) is 11.5. The molecule has 23 heavy (non-hydrogen) atoms. The molecule has 0 atom stereocenters. The van der Waals surface area contributed by atoms with Gasteiger partial charge < -0.3 is 0 Å². The number of benzene rings is 1. The monoisotopic (exact) mass is 372 g/mol. The molecule has 0 spiro atoms. The second-order valence-electron chi connectivity index (χ2n) is 4.23. The topological polar surface area (TPSA) is 106 Å². The van der Waals surface area contributed by atoms with Crippen molar-refractivity contribution < 1.29 is 18.1 Å². The standard InChI is InChI=1S/C13H9ClN2O5S2/c14-12-6-5-11(22-12)13(17)15-23(20,21)8-7-9-1-3-10(4-2-9)16(18)19/h1-8H,(H,15,17)/b8-7+. The first-order chi connectivity index (χ1) is 10.8. The maximum atomic E-state index is 11.8. The Balaban J connectivity index is 2.08. The number of carbonyl (C=O) groups is 1. The molecular formula is C13H9ClN2O5S2. The van der Waals surface area contributed by atoms with Crippen molar-refractivity contribution in [1.29, 1.82) is 0 Å². The van der Waals surface area contributed by atoms with Gasteiger partial charge in [0.05, 0.1) is 19.5 Å². The lowest BCUT2D eigenvalue weighted by atomic mass is 10.2. The summed E-state index contributed by atoms with van der Waals surface area (Å²) in [5.74, 6) is -0.782. The Kier molecular flexibility index (Phi) is 5.14. The van der Waals surface area contributed by atoms with E-state index in [2.05, 4.69) is 0 Å². The van der Waals surface area contributed by atoms with E-state index in [0.717, 1.165) is 16.7 Å². The van der Waals surface area contributed by atoms with Crippen molar-refractivity contribution in [3.8, 4) is 0 Å². The van der Waals surface area contributed by atoms with Gasteiger partial charge in [0, 0.05) is 12.1 Å². The number of carbonyl (C=O) groups excluding carboxylic acids is 1. The van der Waals surface area contributed by atoms with Gasteiger partial charge in [-0.05, 0) is 35.9 Å². The SMILES string of the molecule is O=C(NS(=O)(=O)/C=C/c1ccc([N+](=O)[O-])cc1)c1ccc(Cl)s1. The summed E-state index contributed by atoms with van der Waals surface area (Å²) >= 11 is 6.64. The molecule has 1 aromatic heterocycles. The Labute approximate surface area is 140 Å². The lowest BCUT2D eigenvalue weighted by molar-refractivity contribution is -0.384. The molecule has 0 aliphatic carbocycles. The molecule has 1 heterocycles. The molecule has 0 aliphatic heterocycles. The van der Waals surface area contributed by atoms with Crippen LogP contribution in [0.2, 0.25) is 4.34 Å². The first-order valence-corrected chi connectivity index (χ1v) is 8.76. The molecule has 0 saturated heterocycles. The van der Waals surface area contributed by atoms with Crippen LogP contribution < -0.4 is 4.72 Å². The highest BCUT2D eigenvalue weighted by atomic mass is 35.5. The van der Waals surface area contributed by atoms with Crippen molar-refractivity contribution in [3.63, 3.8) is 0 Å². The minimum Gasteiger partial charge on any atom is -0.267 e. The fourth-order valence-corrected chi connectivity index (χ4v) is 3.30. The third-order valence-electron chi connectivity index (χ3n) is 2.58. The highest BCUT2D eigenvalue weighted by molar-refractivity contribution is 7.93. The molecule has 0 fully saturated rings. The summed E-state index contributed by atoms with van der Waals surface area (Å²) in [6.07, 6.45) is 1.22. The number of non-ortho nitro benzene ring substituents is 1. The van der Waals surface area contributed by atoms with E-state index in [1.807, 2.05) is 4.72 Å². The number of amides is 1. The largest absolute Gasteiger partial charge is 0.275 e. The van der Waals surface area contributed by atoms with Crippen molar-refractivity contribution in [2.75, 3.05) is 0 Å². The molecule has 0 saturated carbocycles. The van der Waals surface area contributed by atoms with E-state index in [0.29, 0.717) is 9.90 Å². The number of sulfonamides is 1. The average Bonchev–Trinajstić information content (AvgIpc) is 2.92. The van der Waals surface area contributed by atoms with Gasteiger partial charge in [-0.1, -0.05) is 11.6 Å². The molecular weight excluding hydrogens is 364 g/mol. The van der Waals surface area contributed by atoms with Crippen LogP contribution in [0.4, 0.5) is 5.69 Å². The highest BCUT2D eigenvalue weighted by Gasteiger charge is 2.15. The molecule has 0 radical (unpaired) electrons. The van der Waals surface area contributed by atoms with Crippen LogP contribution in [0.3, 0.4) is 0 Å².